The van der Waals surface area contributed by atoms with E-state index >= 15 is 0 Å². The van der Waals surface area contributed by atoms with Crippen molar-refractivity contribution in [3.05, 3.63) is 34.2 Å². The topological polar surface area (TPSA) is 82.3 Å². The Balaban J connectivity index is 2.18. The zero-order valence-electron chi connectivity index (χ0n) is 8.53. The smallest absolute Gasteiger partial charge is 0.254 e. The second-order valence-corrected chi connectivity index (χ2v) is 3.52. The van der Waals surface area contributed by atoms with Crippen molar-refractivity contribution in [1.29, 1.82) is 0 Å². The van der Waals surface area contributed by atoms with Gasteiger partial charge in [0, 0.05) is 30.9 Å². The fourth-order valence-corrected chi connectivity index (χ4v) is 1.57. The first-order chi connectivity index (χ1) is 7.66. The number of hydrogen-bond donors (Lipinski definition) is 2. The number of H-pyrrole nitrogens is 1. The Morgan fingerprint density at radius 3 is 2.88 bits per heavy atom. The summed E-state index contributed by atoms with van der Waals surface area (Å²) in [5, 5.41) is 2.63. The van der Waals surface area contributed by atoms with E-state index in [1.807, 2.05) is 0 Å². The molecule has 0 aromatic carbocycles. The van der Waals surface area contributed by atoms with Gasteiger partial charge in [-0.15, -0.1) is 0 Å². The van der Waals surface area contributed by atoms with Gasteiger partial charge in [0.2, 0.25) is 11.5 Å². The molecule has 6 heteroatoms. The molecule has 2 heterocycles. The summed E-state index contributed by atoms with van der Waals surface area (Å²) in [7, 11) is 0. The normalized spacial score (nSPS) is 15.8. The van der Waals surface area contributed by atoms with E-state index in [2.05, 4.69) is 10.3 Å². The maximum absolute atomic E-state index is 11.9. The molecule has 1 aromatic heterocycles. The monoisotopic (exact) mass is 221 g/mol. The van der Waals surface area contributed by atoms with Crippen molar-refractivity contribution in [3.63, 3.8) is 0 Å². The van der Waals surface area contributed by atoms with Gasteiger partial charge in [0.15, 0.2) is 0 Å². The van der Waals surface area contributed by atoms with Gasteiger partial charge in [-0.25, -0.2) is 0 Å². The number of carbonyl (C=O) groups is 2. The SMILES string of the molecule is O=C1CN(C(=O)c2cc[nH]c(=O)c2)CCN1. The zero-order valence-corrected chi connectivity index (χ0v) is 8.53. The van der Waals surface area contributed by atoms with Gasteiger partial charge in [-0.3, -0.25) is 14.4 Å². The van der Waals surface area contributed by atoms with Crippen LogP contribution in [-0.4, -0.2) is 41.3 Å². The largest absolute Gasteiger partial charge is 0.353 e. The average molecular weight is 221 g/mol. The number of aromatic amines is 1. The predicted octanol–water partition coefficient (Wildman–Crippen LogP) is -1.05. The average Bonchev–Trinajstić information content (AvgIpc) is 2.28. The first-order valence-electron chi connectivity index (χ1n) is 4.91. The summed E-state index contributed by atoms with van der Waals surface area (Å²) < 4.78 is 0. The van der Waals surface area contributed by atoms with Crippen molar-refractivity contribution in [2.45, 2.75) is 0 Å². The van der Waals surface area contributed by atoms with Crippen LogP contribution in [0.3, 0.4) is 0 Å². The number of carbonyl (C=O) groups excluding carboxylic acids is 2. The molecular weight excluding hydrogens is 210 g/mol. The lowest BCUT2D eigenvalue weighted by atomic mass is 10.2. The summed E-state index contributed by atoms with van der Waals surface area (Å²) in [6.07, 6.45) is 1.42. The van der Waals surface area contributed by atoms with Crippen molar-refractivity contribution < 1.29 is 9.59 Å². The molecule has 1 aromatic rings. The number of pyridine rings is 1. The number of rotatable bonds is 1. The van der Waals surface area contributed by atoms with Crippen LogP contribution in [0.1, 0.15) is 10.4 Å². The molecule has 0 atom stereocenters. The fraction of sp³-hybridized carbons (Fsp3) is 0.300. The number of nitrogens with zero attached hydrogens (tertiary/aromatic N) is 1. The molecule has 84 valence electrons. The Hall–Kier alpha value is -2.11. The minimum atomic E-state index is -0.327. The maximum Gasteiger partial charge on any atom is 0.254 e. The molecule has 2 rings (SSSR count). The third kappa shape index (κ3) is 2.10. The molecule has 1 aliphatic rings. The van der Waals surface area contributed by atoms with Gasteiger partial charge >= 0.3 is 0 Å². The van der Waals surface area contributed by atoms with Crippen molar-refractivity contribution in [3.8, 4) is 0 Å². The molecule has 1 fully saturated rings. The minimum Gasteiger partial charge on any atom is -0.353 e. The Labute approximate surface area is 91.3 Å². The van der Waals surface area contributed by atoms with E-state index in [4.69, 9.17) is 0 Å². The second kappa shape index (κ2) is 4.18. The van der Waals surface area contributed by atoms with Crippen molar-refractivity contribution in [2.75, 3.05) is 19.6 Å². The lowest BCUT2D eigenvalue weighted by Gasteiger charge is -2.26. The summed E-state index contributed by atoms with van der Waals surface area (Å²) in [6.45, 7) is 0.969. The van der Waals surface area contributed by atoms with E-state index in [1.54, 1.807) is 0 Å². The molecule has 0 aliphatic carbocycles. The minimum absolute atomic E-state index is 0.0473. The molecule has 0 saturated carbocycles. The lowest BCUT2D eigenvalue weighted by Crippen LogP contribution is -2.50. The van der Waals surface area contributed by atoms with E-state index < -0.39 is 0 Å². The van der Waals surface area contributed by atoms with Crippen LogP contribution in [0, 0.1) is 0 Å². The molecule has 1 aliphatic heterocycles. The summed E-state index contributed by atoms with van der Waals surface area (Å²) in [5.74, 6) is -0.467. The van der Waals surface area contributed by atoms with Crippen LogP contribution in [0.15, 0.2) is 23.1 Å². The molecule has 0 radical (unpaired) electrons. The van der Waals surface area contributed by atoms with Crippen LogP contribution in [0.25, 0.3) is 0 Å². The van der Waals surface area contributed by atoms with Crippen LogP contribution >= 0.6 is 0 Å². The predicted molar refractivity (Wildman–Crippen MR) is 56.0 cm³/mol. The van der Waals surface area contributed by atoms with Crippen molar-refractivity contribution in [2.24, 2.45) is 0 Å². The Bertz CT molecular complexity index is 480. The Kier molecular flexibility index (Phi) is 2.72. The molecule has 6 nitrogen and oxygen atoms in total. The number of amides is 2. The van der Waals surface area contributed by atoms with Gasteiger partial charge in [0.1, 0.15) is 0 Å². The van der Waals surface area contributed by atoms with Crippen LogP contribution in [0.5, 0.6) is 0 Å². The zero-order chi connectivity index (χ0) is 11.5. The Morgan fingerprint density at radius 1 is 1.38 bits per heavy atom. The van der Waals surface area contributed by atoms with Crippen molar-refractivity contribution in [1.82, 2.24) is 15.2 Å². The standard InChI is InChI=1S/C10H11N3O3/c14-8-5-7(1-2-11-8)10(16)13-4-3-12-9(15)6-13/h1-2,5H,3-4,6H2,(H,11,14)(H,12,15). The van der Waals surface area contributed by atoms with Crippen LogP contribution in [-0.2, 0) is 4.79 Å². The van der Waals surface area contributed by atoms with Crippen molar-refractivity contribution >= 4 is 11.8 Å². The van der Waals surface area contributed by atoms with Gasteiger partial charge in [-0.05, 0) is 6.07 Å². The lowest BCUT2D eigenvalue weighted by molar-refractivity contribution is -0.123. The van der Waals surface area contributed by atoms with E-state index in [-0.39, 0.29) is 23.9 Å². The number of nitrogens with one attached hydrogen (secondary N) is 2. The maximum atomic E-state index is 11.9. The second-order valence-electron chi connectivity index (χ2n) is 3.52. The highest BCUT2D eigenvalue weighted by molar-refractivity contribution is 5.96. The number of piperazine rings is 1. The molecule has 0 spiro atoms. The highest BCUT2D eigenvalue weighted by atomic mass is 16.2. The van der Waals surface area contributed by atoms with Gasteiger partial charge in [0.25, 0.3) is 5.91 Å². The highest BCUT2D eigenvalue weighted by Gasteiger charge is 2.22. The first-order valence-corrected chi connectivity index (χ1v) is 4.91. The summed E-state index contributed by atoms with van der Waals surface area (Å²) in [6, 6.07) is 2.76. The number of aromatic nitrogens is 1. The van der Waals surface area contributed by atoms with Gasteiger partial charge < -0.3 is 15.2 Å². The number of hydrogen-bond acceptors (Lipinski definition) is 3. The highest BCUT2D eigenvalue weighted by Crippen LogP contribution is 2.03. The molecule has 0 bridgehead atoms. The molecule has 2 amide bonds. The molecule has 1 saturated heterocycles. The van der Waals surface area contributed by atoms with E-state index in [1.165, 1.54) is 23.2 Å². The molecule has 0 unspecified atom stereocenters. The fourth-order valence-electron chi connectivity index (χ4n) is 1.57. The van der Waals surface area contributed by atoms with Crippen LogP contribution in [0.2, 0.25) is 0 Å². The summed E-state index contributed by atoms with van der Waals surface area (Å²) in [4.78, 5) is 37.9. The van der Waals surface area contributed by atoms with E-state index in [0.29, 0.717) is 18.7 Å². The van der Waals surface area contributed by atoms with Crippen LogP contribution in [0.4, 0.5) is 0 Å². The quantitative estimate of drug-likeness (QED) is 0.634. The molecule has 16 heavy (non-hydrogen) atoms. The summed E-state index contributed by atoms with van der Waals surface area (Å²) >= 11 is 0. The van der Waals surface area contributed by atoms with E-state index in [0.717, 1.165) is 0 Å². The van der Waals surface area contributed by atoms with Gasteiger partial charge in [0.05, 0.1) is 6.54 Å². The van der Waals surface area contributed by atoms with Crippen LogP contribution < -0.4 is 10.9 Å². The Morgan fingerprint density at radius 2 is 2.19 bits per heavy atom. The van der Waals surface area contributed by atoms with Gasteiger partial charge in [-0.1, -0.05) is 0 Å². The molecule has 2 N–H and O–H groups in total. The van der Waals surface area contributed by atoms with E-state index in [9.17, 15) is 14.4 Å². The van der Waals surface area contributed by atoms with Gasteiger partial charge in [-0.2, -0.15) is 0 Å². The third-order valence-electron chi connectivity index (χ3n) is 2.35. The molecular formula is C10H11N3O3. The third-order valence-corrected chi connectivity index (χ3v) is 2.35. The summed E-state index contributed by atoms with van der Waals surface area (Å²) in [5.41, 5.74) is -0.0224. The first kappa shape index (κ1) is 10.4.